The van der Waals surface area contributed by atoms with Crippen molar-refractivity contribution in [3.8, 4) is 0 Å². The molecule has 2 aliphatic heterocycles. The van der Waals surface area contributed by atoms with E-state index in [0.29, 0.717) is 0 Å². The minimum absolute atomic E-state index is 0.0622. The van der Waals surface area contributed by atoms with Gasteiger partial charge < -0.3 is 14.0 Å². The van der Waals surface area contributed by atoms with Crippen LogP contribution >= 0.6 is 0 Å². The lowest BCUT2D eigenvalue weighted by molar-refractivity contribution is -0.122. The summed E-state index contributed by atoms with van der Waals surface area (Å²) in [6.07, 6.45) is 4.79. The average Bonchev–Trinajstić information content (AvgIpc) is 3.07. The summed E-state index contributed by atoms with van der Waals surface area (Å²) in [5.41, 5.74) is 2.85. The largest absolute Gasteiger partial charge is 0.494 e. The van der Waals surface area contributed by atoms with Crippen LogP contribution in [0.15, 0.2) is 18.2 Å². The van der Waals surface area contributed by atoms with Crippen molar-refractivity contribution in [1.82, 2.24) is 0 Å². The Morgan fingerprint density at radius 2 is 1.42 bits per heavy atom. The third-order valence-corrected chi connectivity index (χ3v) is 6.57. The molecule has 4 heteroatoms. The van der Waals surface area contributed by atoms with Crippen LogP contribution in [0.3, 0.4) is 0 Å². The molecule has 0 radical (unpaired) electrons. The summed E-state index contributed by atoms with van der Waals surface area (Å²) in [7, 11) is -0.309. The van der Waals surface area contributed by atoms with E-state index in [1.54, 1.807) is 0 Å². The van der Waals surface area contributed by atoms with E-state index in [9.17, 15) is 0 Å². The number of benzene rings is 1. The van der Waals surface area contributed by atoms with Gasteiger partial charge in [-0.25, -0.2) is 0 Å². The second-order valence-electron chi connectivity index (χ2n) is 9.21. The highest BCUT2D eigenvalue weighted by Gasteiger charge is 2.54. The number of hydrogen-bond acceptors (Lipinski definition) is 3. The Hall–Kier alpha value is -0.835. The van der Waals surface area contributed by atoms with Gasteiger partial charge in [-0.05, 0) is 71.0 Å². The maximum atomic E-state index is 6.59. The maximum Gasteiger partial charge on any atom is 0.494 e. The molecule has 2 fully saturated rings. The molecule has 0 bridgehead atoms. The molecule has 1 saturated carbocycles. The minimum atomic E-state index is -0.310. The van der Waals surface area contributed by atoms with Crippen molar-refractivity contribution < 1.29 is 14.0 Å². The zero-order valence-electron chi connectivity index (χ0n) is 15.9. The highest BCUT2D eigenvalue weighted by Crippen LogP contribution is 2.54. The highest BCUT2D eigenvalue weighted by molar-refractivity contribution is 6.62. The van der Waals surface area contributed by atoms with Gasteiger partial charge in [0.15, 0.2) is 0 Å². The molecule has 4 rings (SSSR count). The van der Waals surface area contributed by atoms with Crippen LogP contribution in [0.25, 0.3) is 0 Å². The molecule has 0 aromatic heterocycles. The molecular formula is C20H29BO3. The summed E-state index contributed by atoms with van der Waals surface area (Å²) in [6.45, 7) is 12.8. The van der Waals surface area contributed by atoms with E-state index in [4.69, 9.17) is 14.0 Å². The van der Waals surface area contributed by atoms with Gasteiger partial charge >= 0.3 is 7.12 Å². The van der Waals surface area contributed by atoms with E-state index in [-0.39, 0.29) is 29.5 Å². The average molecular weight is 328 g/mol. The van der Waals surface area contributed by atoms with Gasteiger partial charge in [0.1, 0.15) is 0 Å². The summed E-state index contributed by atoms with van der Waals surface area (Å²) in [6, 6.07) is 6.69. The Labute approximate surface area is 146 Å². The summed E-state index contributed by atoms with van der Waals surface area (Å²) in [5.74, 6) is 0. The van der Waals surface area contributed by atoms with Crippen LogP contribution in [0.5, 0.6) is 0 Å². The van der Waals surface area contributed by atoms with Crippen molar-refractivity contribution in [3.05, 3.63) is 29.3 Å². The molecular weight excluding hydrogens is 299 g/mol. The van der Waals surface area contributed by atoms with Crippen LogP contribution in [-0.2, 0) is 25.2 Å². The third kappa shape index (κ3) is 2.23. The molecule has 1 aromatic carbocycles. The first-order valence-electron chi connectivity index (χ1n) is 9.27. The monoisotopic (exact) mass is 328 g/mol. The number of ether oxygens (including phenoxy) is 1. The maximum absolute atomic E-state index is 6.59. The van der Waals surface area contributed by atoms with Crippen LogP contribution in [0.2, 0.25) is 0 Å². The van der Waals surface area contributed by atoms with Gasteiger partial charge in [0.2, 0.25) is 0 Å². The number of hydrogen-bond donors (Lipinski definition) is 0. The standard InChI is InChI=1S/C20H29BO3/c1-17(2)16-13-14(21-23-18(3,4)19(5,6)24-21)9-10-15(16)20(22-17)11-7-8-12-20/h9-10,13H,7-8,11-12H2,1-6H3. The Bertz CT molecular complexity index is 655. The zero-order chi connectivity index (χ0) is 17.4. The number of rotatable bonds is 1. The third-order valence-electron chi connectivity index (χ3n) is 6.57. The van der Waals surface area contributed by atoms with Crippen molar-refractivity contribution in [2.24, 2.45) is 0 Å². The lowest BCUT2D eigenvalue weighted by atomic mass is 9.75. The molecule has 1 aliphatic carbocycles. The molecule has 2 heterocycles. The fourth-order valence-electron chi connectivity index (χ4n) is 4.50. The Balaban J connectivity index is 1.72. The van der Waals surface area contributed by atoms with Crippen LogP contribution in [0.1, 0.15) is 78.4 Å². The molecule has 0 atom stereocenters. The topological polar surface area (TPSA) is 27.7 Å². The second kappa shape index (κ2) is 4.87. The van der Waals surface area contributed by atoms with E-state index in [1.165, 1.54) is 24.0 Å². The van der Waals surface area contributed by atoms with Crippen LogP contribution in [0, 0.1) is 0 Å². The Morgan fingerprint density at radius 3 is 2.00 bits per heavy atom. The molecule has 0 N–H and O–H groups in total. The van der Waals surface area contributed by atoms with Crippen LogP contribution < -0.4 is 5.46 Å². The normalized spacial score (nSPS) is 28.5. The molecule has 3 aliphatic rings. The van der Waals surface area contributed by atoms with Crippen molar-refractivity contribution in [1.29, 1.82) is 0 Å². The van der Waals surface area contributed by atoms with E-state index < -0.39 is 0 Å². The smallest absolute Gasteiger partial charge is 0.399 e. The molecule has 0 unspecified atom stereocenters. The van der Waals surface area contributed by atoms with E-state index in [2.05, 4.69) is 59.7 Å². The van der Waals surface area contributed by atoms with Gasteiger partial charge in [-0.3, -0.25) is 0 Å². The van der Waals surface area contributed by atoms with Gasteiger partial charge in [0.05, 0.1) is 22.4 Å². The summed E-state index contributed by atoms with van der Waals surface area (Å²) >= 11 is 0. The molecule has 1 saturated heterocycles. The van der Waals surface area contributed by atoms with Crippen molar-refractivity contribution in [3.63, 3.8) is 0 Å². The summed E-state index contributed by atoms with van der Waals surface area (Å²) < 4.78 is 19.0. The van der Waals surface area contributed by atoms with Gasteiger partial charge in [-0.2, -0.15) is 0 Å². The van der Waals surface area contributed by atoms with Gasteiger partial charge in [0, 0.05) is 0 Å². The first-order chi connectivity index (χ1) is 11.1. The number of fused-ring (bicyclic) bond motifs is 2. The van der Waals surface area contributed by atoms with Crippen molar-refractivity contribution in [2.45, 2.75) is 89.6 Å². The van der Waals surface area contributed by atoms with Crippen LogP contribution in [-0.4, -0.2) is 18.3 Å². The SMILES string of the molecule is CC1(C)OC2(CCCC2)c2ccc(B3OC(C)(C)C(C)(C)O3)cc21. The predicted octanol–water partition coefficient (Wildman–Crippen LogP) is 4.02. The molecule has 0 amide bonds. The highest BCUT2D eigenvalue weighted by atomic mass is 16.7. The lowest BCUT2D eigenvalue weighted by Gasteiger charge is -2.32. The molecule has 1 spiro atoms. The van der Waals surface area contributed by atoms with E-state index in [1.807, 2.05) is 0 Å². The van der Waals surface area contributed by atoms with Gasteiger partial charge in [-0.15, -0.1) is 0 Å². The quantitative estimate of drug-likeness (QED) is 0.729. The second-order valence-corrected chi connectivity index (χ2v) is 9.21. The van der Waals surface area contributed by atoms with Crippen molar-refractivity contribution in [2.75, 3.05) is 0 Å². The van der Waals surface area contributed by atoms with E-state index >= 15 is 0 Å². The molecule has 130 valence electrons. The summed E-state index contributed by atoms with van der Waals surface area (Å²) in [5, 5.41) is 0. The molecule has 1 aromatic rings. The fourth-order valence-corrected chi connectivity index (χ4v) is 4.50. The summed E-state index contributed by atoms with van der Waals surface area (Å²) in [4.78, 5) is 0. The van der Waals surface area contributed by atoms with Gasteiger partial charge in [0.25, 0.3) is 0 Å². The predicted molar refractivity (Wildman–Crippen MR) is 96.4 cm³/mol. The minimum Gasteiger partial charge on any atom is -0.399 e. The first kappa shape index (κ1) is 16.6. The Kier molecular flexibility index (Phi) is 3.37. The fraction of sp³-hybridized carbons (Fsp3) is 0.700. The zero-order valence-corrected chi connectivity index (χ0v) is 15.9. The van der Waals surface area contributed by atoms with Crippen molar-refractivity contribution >= 4 is 12.6 Å². The van der Waals surface area contributed by atoms with E-state index in [0.717, 1.165) is 18.3 Å². The Morgan fingerprint density at radius 1 is 0.833 bits per heavy atom. The molecule has 3 nitrogen and oxygen atoms in total. The molecule has 24 heavy (non-hydrogen) atoms. The first-order valence-corrected chi connectivity index (χ1v) is 9.27. The lowest BCUT2D eigenvalue weighted by Crippen LogP contribution is -2.41. The van der Waals surface area contributed by atoms with Gasteiger partial charge in [-0.1, -0.05) is 31.0 Å². The van der Waals surface area contributed by atoms with Crippen LogP contribution in [0.4, 0.5) is 0 Å².